The highest BCUT2D eigenvalue weighted by Gasteiger charge is 2.50. The van der Waals surface area contributed by atoms with Crippen molar-refractivity contribution in [1.29, 1.82) is 0 Å². The minimum atomic E-state index is 0.118. The normalized spacial score (nSPS) is 32.4. The van der Waals surface area contributed by atoms with E-state index in [0.29, 0.717) is 12.2 Å². The second-order valence-electron chi connectivity index (χ2n) is 5.68. The second-order valence-corrected chi connectivity index (χ2v) is 5.68. The summed E-state index contributed by atoms with van der Waals surface area (Å²) in [6.45, 7) is 10.2. The van der Waals surface area contributed by atoms with Crippen molar-refractivity contribution in [3.63, 3.8) is 0 Å². The van der Waals surface area contributed by atoms with Gasteiger partial charge in [0, 0.05) is 0 Å². The summed E-state index contributed by atoms with van der Waals surface area (Å²) in [7, 11) is 0. The maximum absolute atomic E-state index is 11.2. The van der Waals surface area contributed by atoms with E-state index in [1.807, 2.05) is 6.92 Å². The van der Waals surface area contributed by atoms with E-state index in [-0.39, 0.29) is 11.2 Å². The highest BCUT2D eigenvalue weighted by molar-refractivity contribution is 5.88. The lowest BCUT2D eigenvalue weighted by atomic mass is 9.70. The number of carbonyl (C=O) groups excluding carboxylic acids is 1. The van der Waals surface area contributed by atoms with Gasteiger partial charge in [-0.15, -0.1) is 0 Å². The Bertz CT molecular complexity index is 399. The fraction of sp³-hybridized carbons (Fsp3) is 0.643. The number of epoxide rings is 1. The molecule has 0 aromatic rings. The molecule has 1 fully saturated rings. The van der Waals surface area contributed by atoms with Crippen molar-refractivity contribution >= 4 is 5.78 Å². The molecule has 2 aliphatic rings. The van der Waals surface area contributed by atoms with Crippen molar-refractivity contribution in [3.8, 4) is 0 Å². The summed E-state index contributed by atoms with van der Waals surface area (Å²) < 4.78 is 5.64. The van der Waals surface area contributed by atoms with Crippen molar-refractivity contribution in [2.24, 2.45) is 5.41 Å². The highest BCUT2D eigenvalue weighted by Crippen LogP contribution is 2.51. The summed E-state index contributed by atoms with van der Waals surface area (Å²) in [6, 6.07) is 0. The van der Waals surface area contributed by atoms with Crippen molar-refractivity contribution in [2.75, 3.05) is 0 Å². The fourth-order valence-corrected chi connectivity index (χ4v) is 3.18. The van der Waals surface area contributed by atoms with Crippen molar-refractivity contribution in [3.05, 3.63) is 22.8 Å². The molecule has 0 radical (unpaired) electrons. The Kier molecular flexibility index (Phi) is 2.58. The Hall–Kier alpha value is -0.890. The van der Waals surface area contributed by atoms with Gasteiger partial charge in [0.2, 0.25) is 0 Å². The van der Waals surface area contributed by atoms with E-state index in [9.17, 15) is 4.79 Å². The predicted molar refractivity (Wildman–Crippen MR) is 64.2 cm³/mol. The van der Waals surface area contributed by atoms with Gasteiger partial charge < -0.3 is 4.74 Å². The lowest BCUT2D eigenvalue weighted by Crippen LogP contribution is -2.26. The Morgan fingerprint density at radius 2 is 2.06 bits per heavy atom. The molecule has 0 spiro atoms. The van der Waals surface area contributed by atoms with Crippen LogP contribution in [0.3, 0.4) is 0 Å². The molecule has 2 nitrogen and oxygen atoms in total. The largest absolute Gasteiger partial charge is 0.365 e. The first-order valence-corrected chi connectivity index (χ1v) is 5.89. The van der Waals surface area contributed by atoms with E-state index in [4.69, 9.17) is 4.74 Å². The van der Waals surface area contributed by atoms with E-state index in [1.54, 1.807) is 13.0 Å². The molecule has 16 heavy (non-hydrogen) atoms. The van der Waals surface area contributed by atoms with Crippen LogP contribution >= 0.6 is 0 Å². The summed E-state index contributed by atoms with van der Waals surface area (Å²) in [6.07, 6.45) is 3.54. The van der Waals surface area contributed by atoms with Crippen LogP contribution in [0.25, 0.3) is 0 Å². The average Bonchev–Trinajstić information content (AvgIpc) is 2.79. The number of ether oxygens (including phenoxy) is 1. The summed E-state index contributed by atoms with van der Waals surface area (Å²) in [5.41, 5.74) is 3.86. The van der Waals surface area contributed by atoms with Gasteiger partial charge in [-0.05, 0) is 55.4 Å². The van der Waals surface area contributed by atoms with Crippen LogP contribution in [0.5, 0.6) is 0 Å². The van der Waals surface area contributed by atoms with Crippen molar-refractivity contribution in [1.82, 2.24) is 0 Å². The molecule has 1 aliphatic carbocycles. The minimum absolute atomic E-state index is 0.118. The van der Waals surface area contributed by atoms with Gasteiger partial charge >= 0.3 is 0 Å². The molecule has 0 amide bonds. The highest BCUT2D eigenvalue weighted by atomic mass is 16.6. The number of hydrogen-bond acceptors (Lipinski definition) is 2. The Labute approximate surface area is 97.4 Å². The smallest absolute Gasteiger partial charge is 0.152 e. The van der Waals surface area contributed by atoms with Gasteiger partial charge in [-0.3, -0.25) is 4.79 Å². The first-order valence-electron chi connectivity index (χ1n) is 5.89. The van der Waals surface area contributed by atoms with Crippen LogP contribution < -0.4 is 0 Å². The Balaban J connectivity index is 2.43. The molecule has 2 atom stereocenters. The fourth-order valence-electron chi connectivity index (χ4n) is 3.18. The van der Waals surface area contributed by atoms with E-state index in [1.165, 1.54) is 11.1 Å². The number of carbonyl (C=O) groups is 1. The van der Waals surface area contributed by atoms with Gasteiger partial charge in [-0.25, -0.2) is 0 Å². The Morgan fingerprint density at radius 3 is 2.62 bits per heavy atom. The Morgan fingerprint density at radius 1 is 1.44 bits per heavy atom. The van der Waals surface area contributed by atoms with Crippen LogP contribution in [-0.4, -0.2) is 18.0 Å². The van der Waals surface area contributed by atoms with Crippen LogP contribution in [0.4, 0.5) is 0 Å². The van der Waals surface area contributed by atoms with E-state index in [0.717, 1.165) is 12.0 Å². The molecule has 1 aliphatic heterocycles. The van der Waals surface area contributed by atoms with E-state index < -0.39 is 0 Å². The quantitative estimate of drug-likeness (QED) is 0.529. The van der Waals surface area contributed by atoms with E-state index in [2.05, 4.69) is 20.8 Å². The van der Waals surface area contributed by atoms with Crippen LogP contribution in [0, 0.1) is 5.41 Å². The summed E-state index contributed by atoms with van der Waals surface area (Å²) >= 11 is 0. The number of allylic oxidation sites excluding steroid dienone is 3. The number of fused-ring (bicyclic) bond motifs is 1. The molecule has 0 aromatic heterocycles. The van der Waals surface area contributed by atoms with Gasteiger partial charge in [0.1, 0.15) is 6.10 Å². The first-order chi connectivity index (χ1) is 7.33. The molecular formula is C14H20O2. The van der Waals surface area contributed by atoms with Gasteiger partial charge in [-0.1, -0.05) is 13.8 Å². The molecule has 0 saturated carbocycles. The molecule has 0 aromatic carbocycles. The predicted octanol–water partition coefficient (Wildman–Crippen LogP) is 3.04. The van der Waals surface area contributed by atoms with Crippen LogP contribution in [0.2, 0.25) is 0 Å². The summed E-state index contributed by atoms with van der Waals surface area (Å²) in [5.74, 6) is 0.118. The monoisotopic (exact) mass is 220 g/mol. The SMILES string of the molecule is CC(=O)/C=C(/C)C1=C(C)C2OC2CC1(C)C. The third-order valence-electron chi connectivity index (χ3n) is 3.61. The minimum Gasteiger partial charge on any atom is -0.365 e. The zero-order valence-electron chi connectivity index (χ0n) is 10.8. The van der Waals surface area contributed by atoms with Crippen molar-refractivity contribution < 1.29 is 9.53 Å². The van der Waals surface area contributed by atoms with Crippen LogP contribution in [-0.2, 0) is 9.53 Å². The molecule has 2 heteroatoms. The third-order valence-corrected chi connectivity index (χ3v) is 3.61. The number of hydrogen-bond donors (Lipinski definition) is 0. The first kappa shape index (κ1) is 11.6. The maximum atomic E-state index is 11.2. The maximum Gasteiger partial charge on any atom is 0.152 e. The molecule has 1 heterocycles. The summed E-state index contributed by atoms with van der Waals surface area (Å²) in [5, 5.41) is 0. The zero-order chi connectivity index (χ0) is 12.1. The number of ketones is 1. The molecule has 88 valence electrons. The van der Waals surface area contributed by atoms with Crippen LogP contribution in [0.1, 0.15) is 41.0 Å². The van der Waals surface area contributed by atoms with Crippen LogP contribution in [0.15, 0.2) is 22.8 Å². The molecule has 0 N–H and O–H groups in total. The topological polar surface area (TPSA) is 29.6 Å². The standard InChI is InChI=1S/C14H20O2/c1-8(6-9(2)15)12-10(3)13-11(16-13)7-14(12,4)5/h6,11,13H,7H2,1-5H3/b8-6-. The van der Waals surface area contributed by atoms with Gasteiger partial charge in [0.25, 0.3) is 0 Å². The average molecular weight is 220 g/mol. The van der Waals surface area contributed by atoms with Crippen molar-refractivity contribution in [2.45, 2.75) is 53.2 Å². The molecule has 0 bridgehead atoms. The lowest BCUT2D eigenvalue weighted by molar-refractivity contribution is -0.112. The summed E-state index contributed by atoms with van der Waals surface area (Å²) in [4.78, 5) is 11.2. The second kappa shape index (κ2) is 3.56. The van der Waals surface area contributed by atoms with Gasteiger partial charge in [0.05, 0.1) is 6.10 Å². The molecule has 2 unspecified atom stereocenters. The zero-order valence-corrected chi connectivity index (χ0v) is 10.8. The molecule has 2 rings (SSSR count). The van der Waals surface area contributed by atoms with Gasteiger partial charge in [0.15, 0.2) is 5.78 Å². The third kappa shape index (κ3) is 1.86. The molecule has 1 saturated heterocycles. The number of rotatable bonds is 2. The van der Waals surface area contributed by atoms with Gasteiger partial charge in [-0.2, -0.15) is 0 Å². The molecular weight excluding hydrogens is 200 g/mol. The van der Waals surface area contributed by atoms with E-state index >= 15 is 0 Å². The lowest BCUT2D eigenvalue weighted by Gasteiger charge is -2.33.